The minimum absolute atomic E-state index is 0.753. The third-order valence-electron chi connectivity index (χ3n) is 4.75. The second-order valence-electron chi connectivity index (χ2n) is 6.19. The van der Waals surface area contributed by atoms with Gasteiger partial charge in [0.2, 0.25) is 0 Å². The highest BCUT2D eigenvalue weighted by Gasteiger charge is 2.42. The summed E-state index contributed by atoms with van der Waals surface area (Å²) in [6.45, 7) is 10.9. The first-order valence-electron chi connectivity index (χ1n) is 6.87. The third-order valence-corrected chi connectivity index (χ3v) is 4.75. The molecule has 1 saturated carbocycles. The van der Waals surface area contributed by atoms with E-state index >= 15 is 0 Å². The Hall–Kier alpha value is -0.0400. The Morgan fingerprint density at radius 1 is 1.00 bits per heavy atom. The number of likely N-dealkylation sites (tertiary alicyclic amines) is 1. The highest BCUT2D eigenvalue weighted by atomic mass is 15.2. The molecule has 1 heteroatoms. The van der Waals surface area contributed by atoms with Crippen LogP contribution in [-0.2, 0) is 0 Å². The first-order valence-corrected chi connectivity index (χ1v) is 6.87. The summed E-state index contributed by atoms with van der Waals surface area (Å²) >= 11 is 0. The van der Waals surface area contributed by atoms with Gasteiger partial charge in [-0.2, -0.15) is 0 Å². The second kappa shape index (κ2) is 4.45. The van der Waals surface area contributed by atoms with Gasteiger partial charge in [0.25, 0.3) is 0 Å². The summed E-state index contributed by atoms with van der Waals surface area (Å²) in [5, 5.41) is 0. The van der Waals surface area contributed by atoms with Gasteiger partial charge < -0.3 is 0 Å². The lowest BCUT2D eigenvalue weighted by Gasteiger charge is -2.46. The van der Waals surface area contributed by atoms with Crippen molar-refractivity contribution in [2.75, 3.05) is 6.54 Å². The molecule has 88 valence electrons. The van der Waals surface area contributed by atoms with E-state index in [4.69, 9.17) is 0 Å². The van der Waals surface area contributed by atoms with Crippen LogP contribution in [0.25, 0.3) is 0 Å². The van der Waals surface area contributed by atoms with Gasteiger partial charge in [-0.15, -0.1) is 0 Å². The van der Waals surface area contributed by atoms with Crippen molar-refractivity contribution >= 4 is 0 Å². The summed E-state index contributed by atoms with van der Waals surface area (Å²) in [7, 11) is 0. The summed E-state index contributed by atoms with van der Waals surface area (Å²) in [6, 6.07) is 1.68. The van der Waals surface area contributed by atoms with Gasteiger partial charge in [0, 0.05) is 12.1 Å². The fourth-order valence-electron chi connectivity index (χ4n) is 4.03. The van der Waals surface area contributed by atoms with E-state index in [0.29, 0.717) is 0 Å². The monoisotopic (exact) mass is 209 g/mol. The quantitative estimate of drug-likeness (QED) is 0.672. The molecular formula is C14H27N. The van der Waals surface area contributed by atoms with Crippen molar-refractivity contribution < 1.29 is 0 Å². The molecule has 0 amide bonds. The standard InChI is InChI=1S/C14H27N/c1-10(2)12-8-9-15(11(3)4)14-7-5-6-13(12)14/h10-14H,5-9H2,1-4H3/t12-,13?,14?/m1/s1. The van der Waals surface area contributed by atoms with Crippen LogP contribution in [0.3, 0.4) is 0 Å². The largest absolute Gasteiger partial charge is 0.298 e. The molecule has 1 aliphatic heterocycles. The van der Waals surface area contributed by atoms with Crippen LogP contribution in [0.5, 0.6) is 0 Å². The zero-order valence-corrected chi connectivity index (χ0v) is 10.9. The Morgan fingerprint density at radius 2 is 1.73 bits per heavy atom. The molecule has 3 atom stereocenters. The van der Waals surface area contributed by atoms with Crippen LogP contribution in [0.1, 0.15) is 53.4 Å². The molecule has 1 saturated heterocycles. The highest BCUT2D eigenvalue weighted by molar-refractivity contribution is 4.95. The molecule has 2 aliphatic rings. The average molecular weight is 209 g/mol. The van der Waals surface area contributed by atoms with E-state index < -0.39 is 0 Å². The number of fused-ring (bicyclic) bond motifs is 1. The predicted molar refractivity (Wildman–Crippen MR) is 65.9 cm³/mol. The minimum Gasteiger partial charge on any atom is -0.298 e. The van der Waals surface area contributed by atoms with Crippen molar-refractivity contribution in [2.45, 2.75) is 65.5 Å². The van der Waals surface area contributed by atoms with Gasteiger partial charge in [0.1, 0.15) is 0 Å². The number of rotatable bonds is 2. The van der Waals surface area contributed by atoms with Crippen LogP contribution < -0.4 is 0 Å². The molecule has 2 rings (SSSR count). The van der Waals surface area contributed by atoms with Gasteiger partial charge in [-0.05, 0) is 57.4 Å². The van der Waals surface area contributed by atoms with E-state index in [1.165, 1.54) is 32.2 Å². The first kappa shape index (κ1) is 11.4. The van der Waals surface area contributed by atoms with Crippen molar-refractivity contribution in [2.24, 2.45) is 17.8 Å². The first-order chi connectivity index (χ1) is 7.11. The van der Waals surface area contributed by atoms with E-state index in [-0.39, 0.29) is 0 Å². The van der Waals surface area contributed by atoms with E-state index in [9.17, 15) is 0 Å². The van der Waals surface area contributed by atoms with Crippen LogP contribution in [0.15, 0.2) is 0 Å². The Bertz CT molecular complexity index is 187. The van der Waals surface area contributed by atoms with Gasteiger partial charge in [0.15, 0.2) is 0 Å². The van der Waals surface area contributed by atoms with Gasteiger partial charge in [-0.1, -0.05) is 20.3 Å². The summed E-state index contributed by atoms with van der Waals surface area (Å²) < 4.78 is 0. The van der Waals surface area contributed by atoms with Crippen LogP contribution in [0.4, 0.5) is 0 Å². The molecule has 0 aromatic heterocycles. The summed E-state index contributed by atoms with van der Waals surface area (Å²) in [5.74, 6) is 2.92. The van der Waals surface area contributed by atoms with Crippen LogP contribution >= 0.6 is 0 Å². The predicted octanol–water partition coefficient (Wildman–Crippen LogP) is 3.54. The van der Waals surface area contributed by atoms with Crippen LogP contribution in [0.2, 0.25) is 0 Å². The molecule has 0 radical (unpaired) electrons. The zero-order chi connectivity index (χ0) is 11.0. The lowest BCUT2D eigenvalue weighted by atomic mass is 9.75. The number of nitrogens with zero attached hydrogens (tertiary/aromatic N) is 1. The maximum atomic E-state index is 2.77. The smallest absolute Gasteiger partial charge is 0.0129 e. The number of hydrogen-bond donors (Lipinski definition) is 0. The molecule has 0 aromatic carbocycles. The molecule has 0 bridgehead atoms. The number of hydrogen-bond acceptors (Lipinski definition) is 1. The summed E-state index contributed by atoms with van der Waals surface area (Å²) in [6.07, 6.45) is 5.88. The molecule has 0 N–H and O–H groups in total. The molecule has 15 heavy (non-hydrogen) atoms. The maximum Gasteiger partial charge on any atom is 0.0129 e. The van der Waals surface area contributed by atoms with Crippen molar-refractivity contribution in [3.8, 4) is 0 Å². The fourth-order valence-corrected chi connectivity index (χ4v) is 4.03. The van der Waals surface area contributed by atoms with Crippen LogP contribution in [0, 0.1) is 17.8 Å². The molecule has 1 aliphatic carbocycles. The molecule has 0 spiro atoms. The Kier molecular flexibility index (Phi) is 3.39. The second-order valence-corrected chi connectivity index (χ2v) is 6.19. The van der Waals surface area contributed by atoms with Gasteiger partial charge >= 0.3 is 0 Å². The van der Waals surface area contributed by atoms with Crippen molar-refractivity contribution in [1.29, 1.82) is 0 Å². The van der Waals surface area contributed by atoms with Gasteiger partial charge in [-0.3, -0.25) is 4.90 Å². The third kappa shape index (κ3) is 2.08. The van der Waals surface area contributed by atoms with Crippen molar-refractivity contribution in [3.63, 3.8) is 0 Å². The van der Waals surface area contributed by atoms with E-state index in [2.05, 4.69) is 32.6 Å². The Balaban J connectivity index is 2.09. The molecule has 1 heterocycles. The molecule has 0 aromatic rings. The lowest BCUT2D eigenvalue weighted by molar-refractivity contribution is 0.0267. The van der Waals surface area contributed by atoms with E-state index in [1.54, 1.807) is 0 Å². The average Bonchev–Trinajstić information content (AvgIpc) is 2.63. The van der Waals surface area contributed by atoms with Crippen molar-refractivity contribution in [3.05, 3.63) is 0 Å². The minimum atomic E-state index is 0.753. The zero-order valence-electron chi connectivity index (χ0n) is 10.9. The van der Waals surface area contributed by atoms with Gasteiger partial charge in [0.05, 0.1) is 0 Å². The molecule has 2 unspecified atom stereocenters. The lowest BCUT2D eigenvalue weighted by Crippen LogP contribution is -2.50. The maximum absolute atomic E-state index is 2.77. The SMILES string of the molecule is CC(C)[C@H]1CCN(C(C)C)C2CCCC21. The fraction of sp³-hybridized carbons (Fsp3) is 1.00. The Morgan fingerprint density at radius 3 is 2.33 bits per heavy atom. The Labute approximate surface area is 95.2 Å². The van der Waals surface area contributed by atoms with Gasteiger partial charge in [-0.25, -0.2) is 0 Å². The van der Waals surface area contributed by atoms with Crippen LogP contribution in [-0.4, -0.2) is 23.5 Å². The highest BCUT2D eigenvalue weighted by Crippen LogP contribution is 2.43. The number of piperidine rings is 1. The van der Waals surface area contributed by atoms with E-state index in [0.717, 1.165) is 29.8 Å². The normalized spacial score (nSPS) is 37.6. The molecular weight excluding hydrogens is 182 g/mol. The topological polar surface area (TPSA) is 3.24 Å². The summed E-state index contributed by atoms with van der Waals surface area (Å²) in [4.78, 5) is 2.77. The molecule has 2 fully saturated rings. The molecule has 1 nitrogen and oxygen atoms in total. The van der Waals surface area contributed by atoms with E-state index in [1.807, 2.05) is 0 Å². The summed E-state index contributed by atoms with van der Waals surface area (Å²) in [5.41, 5.74) is 0. The van der Waals surface area contributed by atoms with Crippen molar-refractivity contribution in [1.82, 2.24) is 4.90 Å².